The molecule has 2 atom stereocenters. The molecule has 0 aliphatic carbocycles. The molecular formula is C18H42O6S7Si2. The topological polar surface area (TPSA) is 55.4 Å². The van der Waals surface area contributed by atoms with E-state index in [1.165, 1.54) is 0 Å². The van der Waals surface area contributed by atoms with Crippen molar-refractivity contribution in [2.24, 2.45) is 0 Å². The van der Waals surface area contributed by atoms with Gasteiger partial charge in [-0.3, -0.25) is 0 Å². The normalized spacial score (nSPS) is 14.5. The van der Waals surface area contributed by atoms with Crippen molar-refractivity contribution in [1.29, 1.82) is 0 Å². The summed E-state index contributed by atoms with van der Waals surface area (Å²) in [6.45, 7) is 20.0. The highest BCUT2D eigenvalue weighted by atomic mass is 33.9. The molecule has 0 rings (SSSR count). The van der Waals surface area contributed by atoms with Gasteiger partial charge in [-0.15, -0.1) is 0 Å². The van der Waals surface area contributed by atoms with Gasteiger partial charge in [-0.1, -0.05) is 35.4 Å². The van der Waals surface area contributed by atoms with Gasteiger partial charge in [-0.2, -0.15) is 0 Å². The van der Waals surface area contributed by atoms with E-state index in [1.54, 1.807) is 70.7 Å². The molecule has 0 aliphatic rings. The van der Waals surface area contributed by atoms with Crippen LogP contribution in [0.2, 0.25) is 0 Å². The Morgan fingerprint density at radius 3 is 0.879 bits per heavy atom. The summed E-state index contributed by atoms with van der Waals surface area (Å²) in [5.41, 5.74) is 0. The first-order valence-electron chi connectivity index (χ1n) is 11.5. The Labute approximate surface area is 230 Å². The third kappa shape index (κ3) is 13.3. The van der Waals surface area contributed by atoms with Crippen LogP contribution in [0, 0.1) is 0 Å². The van der Waals surface area contributed by atoms with Gasteiger partial charge in [0.2, 0.25) is 0 Å². The first-order valence-corrected chi connectivity index (χ1v) is 24.0. The summed E-state index contributed by atoms with van der Waals surface area (Å²) in [5, 5.41) is 0. The molecule has 0 amide bonds. The van der Waals surface area contributed by atoms with Crippen molar-refractivity contribution in [3.63, 3.8) is 0 Å². The van der Waals surface area contributed by atoms with Gasteiger partial charge in [0, 0.05) is 39.6 Å². The van der Waals surface area contributed by atoms with Gasteiger partial charge in [0.05, 0.1) is 9.75 Å². The van der Waals surface area contributed by atoms with Crippen LogP contribution in [0.15, 0.2) is 0 Å². The van der Waals surface area contributed by atoms with E-state index in [9.17, 15) is 0 Å². The van der Waals surface area contributed by atoms with Crippen molar-refractivity contribution in [2.45, 2.75) is 78.0 Å². The Balaban J connectivity index is 4.63. The molecule has 0 radical (unpaired) electrons. The van der Waals surface area contributed by atoms with Crippen molar-refractivity contribution < 1.29 is 26.6 Å². The largest absolute Gasteiger partial charge is 0.515 e. The summed E-state index contributed by atoms with van der Waals surface area (Å²) in [6.07, 6.45) is 1.90. The molecule has 0 heterocycles. The van der Waals surface area contributed by atoms with Crippen LogP contribution < -0.4 is 0 Å². The quantitative estimate of drug-likeness (QED) is 0.0581. The van der Waals surface area contributed by atoms with Crippen LogP contribution in [0.1, 0.15) is 68.2 Å². The second kappa shape index (κ2) is 22.6. The van der Waals surface area contributed by atoms with E-state index in [0.717, 1.165) is 12.8 Å². The van der Waals surface area contributed by atoms with Crippen LogP contribution in [0.4, 0.5) is 0 Å². The van der Waals surface area contributed by atoms with E-state index in [0.29, 0.717) is 39.6 Å². The van der Waals surface area contributed by atoms with Crippen LogP contribution in [0.25, 0.3) is 0 Å². The summed E-state index contributed by atoms with van der Waals surface area (Å²) >= 11 is 0. The first-order chi connectivity index (χ1) is 16.0. The second-order valence-corrected chi connectivity index (χ2v) is 24.0. The van der Waals surface area contributed by atoms with E-state index in [1.807, 2.05) is 41.5 Å². The molecule has 0 bridgehead atoms. The molecule has 0 spiro atoms. The Bertz CT molecular complexity index is 390. The lowest BCUT2D eigenvalue weighted by molar-refractivity contribution is 0.0685. The van der Waals surface area contributed by atoms with E-state index in [4.69, 9.17) is 26.6 Å². The Kier molecular flexibility index (Phi) is 24.4. The fourth-order valence-corrected chi connectivity index (χ4v) is 28.7. The average Bonchev–Trinajstić information content (AvgIpc) is 2.79. The van der Waals surface area contributed by atoms with E-state index in [2.05, 4.69) is 13.8 Å². The summed E-state index contributed by atoms with van der Waals surface area (Å²) in [6, 6.07) is 0. The fraction of sp³-hybridized carbons (Fsp3) is 1.00. The van der Waals surface area contributed by atoms with E-state index in [-0.39, 0.29) is 9.75 Å². The van der Waals surface area contributed by atoms with Crippen LogP contribution in [0.5, 0.6) is 0 Å². The van der Waals surface area contributed by atoms with Gasteiger partial charge in [0.15, 0.2) is 0 Å². The Morgan fingerprint density at radius 2 is 0.667 bits per heavy atom. The first kappa shape index (κ1) is 35.6. The summed E-state index contributed by atoms with van der Waals surface area (Å²) in [4.78, 5) is 0.421. The molecule has 0 aromatic heterocycles. The lowest BCUT2D eigenvalue weighted by Gasteiger charge is -2.34. The maximum absolute atomic E-state index is 6.09. The van der Waals surface area contributed by atoms with E-state index < -0.39 is 17.6 Å². The Morgan fingerprint density at radius 1 is 0.424 bits per heavy atom. The van der Waals surface area contributed by atoms with Gasteiger partial charge in [-0.05, 0) is 104 Å². The molecule has 200 valence electrons. The zero-order valence-corrected chi connectivity index (χ0v) is 28.8. The zero-order chi connectivity index (χ0) is 25.0. The molecule has 0 saturated carbocycles. The molecule has 0 aromatic rings. The lowest BCUT2D eigenvalue weighted by atomic mass is 10.6. The van der Waals surface area contributed by atoms with Crippen molar-refractivity contribution in [3.05, 3.63) is 0 Å². The fourth-order valence-electron chi connectivity index (χ4n) is 2.93. The molecule has 15 heteroatoms. The van der Waals surface area contributed by atoms with Gasteiger partial charge in [0.25, 0.3) is 0 Å². The van der Waals surface area contributed by atoms with Crippen molar-refractivity contribution >= 4 is 88.3 Å². The zero-order valence-electron chi connectivity index (χ0n) is 21.1. The summed E-state index contributed by atoms with van der Waals surface area (Å²) in [7, 11) is 7.03. The number of hydrogen-bond donors (Lipinski definition) is 0. The predicted octanol–water partition coefficient (Wildman–Crippen LogP) is 8.34. The monoisotopic (exact) mass is 634 g/mol. The van der Waals surface area contributed by atoms with Gasteiger partial charge < -0.3 is 26.6 Å². The third-order valence-corrected chi connectivity index (χ3v) is 27.5. The van der Waals surface area contributed by atoms with Crippen molar-refractivity contribution in [2.75, 3.05) is 39.6 Å². The molecule has 0 fully saturated rings. The number of hydrogen-bond acceptors (Lipinski definition) is 13. The van der Waals surface area contributed by atoms with Crippen LogP contribution >= 0.6 is 70.7 Å². The summed E-state index contributed by atoms with van der Waals surface area (Å²) in [5.74, 6) is 0. The molecule has 6 nitrogen and oxygen atoms in total. The SMILES string of the molecule is CCO[Si](OCC)(OCC)C(CC)SSSSSSSC(CC)[Si](OCC)(OCC)OCC. The highest BCUT2D eigenvalue weighted by molar-refractivity contribution is 9.46. The smallest absolute Gasteiger partial charge is 0.373 e. The Hall–Kier alpha value is 2.64. The average molecular weight is 635 g/mol. The van der Waals surface area contributed by atoms with Crippen LogP contribution in [-0.2, 0) is 26.6 Å². The van der Waals surface area contributed by atoms with Crippen molar-refractivity contribution in [1.82, 2.24) is 0 Å². The molecular weight excluding hydrogens is 593 g/mol. The minimum Gasteiger partial charge on any atom is -0.373 e. The van der Waals surface area contributed by atoms with Crippen LogP contribution in [-0.4, -0.2) is 67.0 Å². The van der Waals surface area contributed by atoms with Gasteiger partial charge in [-0.25, -0.2) is 0 Å². The maximum Gasteiger partial charge on any atom is 0.515 e. The minimum absolute atomic E-state index is 0.210. The molecule has 0 aliphatic heterocycles. The van der Waals surface area contributed by atoms with Crippen LogP contribution in [0.3, 0.4) is 0 Å². The maximum atomic E-state index is 6.09. The van der Waals surface area contributed by atoms with Gasteiger partial charge >= 0.3 is 17.6 Å². The van der Waals surface area contributed by atoms with E-state index >= 15 is 0 Å². The summed E-state index contributed by atoms with van der Waals surface area (Å²) < 4.78 is 36.5. The molecule has 0 N–H and O–H groups in total. The highest BCUT2D eigenvalue weighted by Gasteiger charge is 2.50. The molecule has 2 unspecified atom stereocenters. The molecule has 0 aromatic carbocycles. The highest BCUT2D eigenvalue weighted by Crippen LogP contribution is 2.57. The van der Waals surface area contributed by atoms with Crippen molar-refractivity contribution in [3.8, 4) is 0 Å². The lowest BCUT2D eigenvalue weighted by Crippen LogP contribution is -2.54. The van der Waals surface area contributed by atoms with Gasteiger partial charge in [0.1, 0.15) is 0 Å². The third-order valence-electron chi connectivity index (χ3n) is 4.03. The molecule has 0 saturated heterocycles. The standard InChI is InChI=1S/C18H42O6S7Si2/c1-9-17(32(19-11-3,20-12-4)21-13-5)25-27-29-31-30-28-26-18(10-2)33(22-14-6,23-15-7)24-16-8/h17-18H,9-16H2,1-8H3. The number of rotatable bonds is 24. The minimum atomic E-state index is -2.70. The predicted molar refractivity (Wildman–Crippen MR) is 163 cm³/mol. The molecule has 33 heavy (non-hydrogen) atoms. The second-order valence-electron chi connectivity index (χ2n) is 6.13.